The molecule has 0 N–H and O–H groups in total. The van der Waals surface area contributed by atoms with E-state index in [1.165, 1.54) is 12.1 Å². The number of hydrogen-bond acceptors (Lipinski definition) is 3. The minimum Gasteiger partial charge on any atom is -0.328 e. The Balaban J connectivity index is 1.97. The van der Waals surface area contributed by atoms with Gasteiger partial charge in [0.05, 0.1) is 4.90 Å². The highest BCUT2D eigenvalue weighted by molar-refractivity contribution is 7.90. The third kappa shape index (κ3) is 4.34. The van der Waals surface area contributed by atoms with Crippen LogP contribution in [0.2, 0.25) is 0 Å². The average molecular weight is 366 g/mol. The number of nitrogens with zero attached hydrogens (tertiary/aromatic N) is 2. The molecular weight excluding hydrogens is 348 g/mol. The zero-order valence-electron chi connectivity index (χ0n) is 14.2. The molecule has 3 rings (SSSR count). The third-order valence-electron chi connectivity index (χ3n) is 3.84. The SMILES string of the molecule is CS(=O)(=O)c1cccc(C(=O)N=c2ccccn2Cc2ccccc2)c1. The third-order valence-corrected chi connectivity index (χ3v) is 4.95. The molecule has 2 aromatic carbocycles. The molecule has 0 unspecified atom stereocenters. The highest BCUT2D eigenvalue weighted by Gasteiger charge is 2.11. The fraction of sp³-hybridized carbons (Fsp3) is 0.100. The van der Waals surface area contributed by atoms with Gasteiger partial charge in [-0.1, -0.05) is 42.5 Å². The van der Waals surface area contributed by atoms with Crippen molar-refractivity contribution in [1.82, 2.24) is 4.57 Å². The number of hydrogen-bond donors (Lipinski definition) is 0. The fourth-order valence-corrected chi connectivity index (χ4v) is 3.18. The Morgan fingerprint density at radius 1 is 0.962 bits per heavy atom. The molecule has 6 heteroatoms. The number of rotatable bonds is 4. The van der Waals surface area contributed by atoms with Gasteiger partial charge in [0.1, 0.15) is 5.49 Å². The second kappa shape index (κ2) is 7.49. The maximum Gasteiger partial charge on any atom is 0.278 e. The van der Waals surface area contributed by atoms with Gasteiger partial charge in [0.2, 0.25) is 0 Å². The molecule has 0 aliphatic heterocycles. The van der Waals surface area contributed by atoms with Crippen molar-refractivity contribution >= 4 is 15.7 Å². The highest BCUT2D eigenvalue weighted by Crippen LogP contribution is 2.12. The van der Waals surface area contributed by atoms with Crippen molar-refractivity contribution in [3.8, 4) is 0 Å². The lowest BCUT2D eigenvalue weighted by Gasteiger charge is -2.07. The fourth-order valence-electron chi connectivity index (χ4n) is 2.51. The lowest BCUT2D eigenvalue weighted by Crippen LogP contribution is -2.22. The molecular formula is C20H18N2O3S. The van der Waals surface area contributed by atoms with Gasteiger partial charge < -0.3 is 4.57 Å². The Kier molecular flexibility index (Phi) is 5.14. The summed E-state index contributed by atoms with van der Waals surface area (Å²) < 4.78 is 25.2. The summed E-state index contributed by atoms with van der Waals surface area (Å²) >= 11 is 0. The largest absolute Gasteiger partial charge is 0.328 e. The van der Waals surface area contributed by atoms with E-state index in [-0.39, 0.29) is 10.5 Å². The molecule has 0 radical (unpaired) electrons. The number of benzene rings is 2. The van der Waals surface area contributed by atoms with Crippen LogP contribution in [0.5, 0.6) is 0 Å². The van der Waals surface area contributed by atoms with Crippen LogP contribution in [0.4, 0.5) is 0 Å². The summed E-state index contributed by atoms with van der Waals surface area (Å²) in [5.74, 6) is -0.483. The van der Waals surface area contributed by atoms with Crippen LogP contribution >= 0.6 is 0 Å². The van der Waals surface area contributed by atoms with Gasteiger partial charge in [0, 0.05) is 24.6 Å². The van der Waals surface area contributed by atoms with Crippen LogP contribution in [0.3, 0.4) is 0 Å². The number of amides is 1. The average Bonchev–Trinajstić information content (AvgIpc) is 2.63. The van der Waals surface area contributed by atoms with Crippen molar-refractivity contribution in [1.29, 1.82) is 0 Å². The van der Waals surface area contributed by atoms with Gasteiger partial charge in [-0.25, -0.2) is 8.42 Å². The van der Waals surface area contributed by atoms with Crippen molar-refractivity contribution in [3.63, 3.8) is 0 Å². The van der Waals surface area contributed by atoms with E-state index < -0.39 is 15.7 Å². The van der Waals surface area contributed by atoms with Crippen molar-refractivity contribution in [3.05, 3.63) is 95.6 Å². The molecule has 0 fully saturated rings. The minimum absolute atomic E-state index is 0.101. The highest BCUT2D eigenvalue weighted by atomic mass is 32.2. The first-order chi connectivity index (χ1) is 12.4. The van der Waals surface area contributed by atoms with Gasteiger partial charge in [0.25, 0.3) is 5.91 Å². The van der Waals surface area contributed by atoms with Gasteiger partial charge >= 0.3 is 0 Å². The first-order valence-corrected chi connectivity index (χ1v) is 9.91. The summed E-state index contributed by atoms with van der Waals surface area (Å²) in [7, 11) is -3.38. The summed E-state index contributed by atoms with van der Waals surface area (Å²) in [6.45, 7) is 0.581. The molecule has 132 valence electrons. The monoisotopic (exact) mass is 366 g/mol. The predicted molar refractivity (Wildman–Crippen MR) is 99.4 cm³/mol. The van der Waals surface area contributed by atoms with Crippen LogP contribution in [-0.2, 0) is 16.4 Å². The second-order valence-electron chi connectivity index (χ2n) is 5.89. The zero-order chi connectivity index (χ0) is 18.6. The predicted octanol–water partition coefficient (Wildman–Crippen LogP) is 2.68. The number of aromatic nitrogens is 1. The lowest BCUT2D eigenvalue weighted by atomic mass is 10.2. The van der Waals surface area contributed by atoms with Crippen LogP contribution in [0.1, 0.15) is 15.9 Å². The Labute approximate surface area is 152 Å². The van der Waals surface area contributed by atoms with E-state index in [4.69, 9.17) is 0 Å². The first kappa shape index (κ1) is 17.8. The Hall–Kier alpha value is -2.99. The molecule has 0 aliphatic carbocycles. The Morgan fingerprint density at radius 3 is 2.42 bits per heavy atom. The standard InChI is InChI=1S/C20H18N2O3S/c1-26(24,25)18-11-7-10-17(14-18)20(23)21-19-12-5-6-13-22(19)15-16-8-3-2-4-9-16/h2-14H,15H2,1H3. The zero-order valence-corrected chi connectivity index (χ0v) is 15.1. The van der Waals surface area contributed by atoms with E-state index in [0.717, 1.165) is 11.8 Å². The molecule has 5 nitrogen and oxygen atoms in total. The van der Waals surface area contributed by atoms with Gasteiger partial charge in [-0.05, 0) is 35.9 Å². The molecule has 0 bridgehead atoms. The molecule has 0 aliphatic rings. The summed E-state index contributed by atoms with van der Waals surface area (Å²) in [5, 5.41) is 0. The van der Waals surface area contributed by atoms with Gasteiger partial charge in [-0.2, -0.15) is 4.99 Å². The van der Waals surface area contributed by atoms with E-state index in [9.17, 15) is 13.2 Å². The molecule has 0 spiro atoms. The van der Waals surface area contributed by atoms with Crippen LogP contribution in [0.25, 0.3) is 0 Å². The Bertz CT molecular complexity index is 1100. The van der Waals surface area contributed by atoms with Crippen LogP contribution in [-0.4, -0.2) is 25.1 Å². The van der Waals surface area contributed by atoms with Gasteiger partial charge in [-0.3, -0.25) is 4.79 Å². The molecule has 1 amide bonds. The molecule has 0 atom stereocenters. The topological polar surface area (TPSA) is 68.5 Å². The minimum atomic E-state index is -3.38. The number of carbonyl (C=O) groups is 1. The van der Waals surface area contributed by atoms with Crippen LogP contribution in [0.15, 0.2) is 88.9 Å². The number of carbonyl (C=O) groups excluding carboxylic acids is 1. The molecule has 0 saturated heterocycles. The lowest BCUT2D eigenvalue weighted by molar-refractivity contribution is 0.0997. The van der Waals surface area contributed by atoms with Crippen LogP contribution < -0.4 is 5.49 Å². The van der Waals surface area contributed by atoms with E-state index in [1.54, 1.807) is 24.3 Å². The number of sulfone groups is 1. The first-order valence-electron chi connectivity index (χ1n) is 8.02. The molecule has 1 aromatic heterocycles. The normalized spacial score (nSPS) is 12.1. The summed E-state index contributed by atoms with van der Waals surface area (Å²) in [4.78, 5) is 16.8. The van der Waals surface area contributed by atoms with Crippen molar-refractivity contribution in [2.24, 2.45) is 4.99 Å². The van der Waals surface area contributed by atoms with Crippen molar-refractivity contribution in [2.75, 3.05) is 6.26 Å². The van der Waals surface area contributed by atoms with Crippen molar-refractivity contribution in [2.45, 2.75) is 11.4 Å². The number of pyridine rings is 1. The van der Waals surface area contributed by atoms with Gasteiger partial charge in [-0.15, -0.1) is 0 Å². The maximum absolute atomic E-state index is 12.5. The summed E-state index contributed by atoms with van der Waals surface area (Å²) in [6.07, 6.45) is 2.96. The molecule has 3 aromatic rings. The van der Waals surface area contributed by atoms with E-state index >= 15 is 0 Å². The smallest absolute Gasteiger partial charge is 0.278 e. The molecule has 1 heterocycles. The second-order valence-corrected chi connectivity index (χ2v) is 7.91. The molecule has 0 saturated carbocycles. The molecule has 26 heavy (non-hydrogen) atoms. The van der Waals surface area contributed by atoms with Crippen LogP contribution in [0, 0.1) is 0 Å². The Morgan fingerprint density at radius 2 is 1.69 bits per heavy atom. The maximum atomic E-state index is 12.5. The van der Waals surface area contributed by atoms with E-state index in [2.05, 4.69) is 4.99 Å². The van der Waals surface area contributed by atoms with Gasteiger partial charge in [0.15, 0.2) is 9.84 Å². The van der Waals surface area contributed by atoms with Crippen molar-refractivity contribution < 1.29 is 13.2 Å². The quantitative estimate of drug-likeness (QED) is 0.713. The van der Waals surface area contributed by atoms with E-state index in [0.29, 0.717) is 12.0 Å². The van der Waals surface area contributed by atoms with E-state index in [1.807, 2.05) is 47.2 Å². The summed E-state index contributed by atoms with van der Waals surface area (Å²) in [6, 6.07) is 21.2. The summed E-state index contributed by atoms with van der Waals surface area (Å²) in [5.41, 5.74) is 1.83.